The first-order valence-corrected chi connectivity index (χ1v) is 9.13. The van der Waals surface area contributed by atoms with Gasteiger partial charge in [-0.1, -0.05) is 18.2 Å². The summed E-state index contributed by atoms with van der Waals surface area (Å²) in [6.45, 7) is 1.82. The average Bonchev–Trinajstić information content (AvgIpc) is 3.27. The minimum atomic E-state index is -0.0181. The minimum Gasteiger partial charge on any atom is -0.269 e. The van der Waals surface area contributed by atoms with Crippen LogP contribution in [0, 0.1) is 6.92 Å². The first-order chi connectivity index (χ1) is 11.7. The van der Waals surface area contributed by atoms with E-state index in [4.69, 9.17) is 0 Å². The fraction of sp³-hybridized carbons (Fsp3) is 0.0556. The Kier molecular flexibility index (Phi) is 3.84. The topological polar surface area (TPSA) is 47.3 Å². The highest BCUT2D eigenvalue weighted by molar-refractivity contribution is 7.16. The van der Waals surface area contributed by atoms with Crippen molar-refractivity contribution < 1.29 is 0 Å². The maximum atomic E-state index is 12.8. The molecule has 0 aromatic carbocycles. The summed E-state index contributed by atoms with van der Waals surface area (Å²) in [5.74, 6) is 0. The SMILES string of the molecule is Cc1c(/C=C/c2cccnc2)nc2scc(-c3cccs3)n2c1=O. The van der Waals surface area contributed by atoms with Gasteiger partial charge in [0.2, 0.25) is 0 Å². The van der Waals surface area contributed by atoms with Gasteiger partial charge in [-0.25, -0.2) is 9.38 Å². The van der Waals surface area contributed by atoms with E-state index in [1.165, 1.54) is 11.3 Å². The molecule has 6 heteroatoms. The molecule has 0 radical (unpaired) electrons. The number of aromatic nitrogens is 3. The van der Waals surface area contributed by atoms with Gasteiger partial charge in [0.05, 0.1) is 16.3 Å². The van der Waals surface area contributed by atoms with Crippen LogP contribution in [0.2, 0.25) is 0 Å². The molecule has 0 aliphatic carbocycles. The van der Waals surface area contributed by atoms with Crippen molar-refractivity contribution in [2.75, 3.05) is 0 Å². The normalized spacial score (nSPS) is 11.5. The van der Waals surface area contributed by atoms with Crippen molar-refractivity contribution in [3.05, 3.63) is 74.6 Å². The quantitative estimate of drug-likeness (QED) is 0.551. The summed E-state index contributed by atoms with van der Waals surface area (Å²) >= 11 is 3.10. The predicted molar refractivity (Wildman–Crippen MR) is 101 cm³/mol. The Labute approximate surface area is 146 Å². The Balaban J connectivity index is 1.84. The first kappa shape index (κ1) is 15.0. The lowest BCUT2D eigenvalue weighted by Crippen LogP contribution is -2.18. The molecule has 0 atom stereocenters. The van der Waals surface area contributed by atoms with Gasteiger partial charge in [0.1, 0.15) is 0 Å². The van der Waals surface area contributed by atoms with E-state index in [1.54, 1.807) is 28.1 Å². The van der Waals surface area contributed by atoms with E-state index in [1.807, 2.05) is 54.1 Å². The largest absolute Gasteiger partial charge is 0.269 e. The molecule has 0 bridgehead atoms. The second-order valence-corrected chi connectivity index (χ2v) is 7.05. The molecule has 0 aliphatic heterocycles. The lowest BCUT2D eigenvalue weighted by atomic mass is 10.2. The number of fused-ring (bicyclic) bond motifs is 1. The van der Waals surface area contributed by atoms with Crippen LogP contribution in [0.25, 0.3) is 27.7 Å². The Morgan fingerprint density at radius 1 is 1.17 bits per heavy atom. The van der Waals surface area contributed by atoms with Crippen LogP contribution in [-0.2, 0) is 0 Å². The average molecular weight is 351 g/mol. The smallest absolute Gasteiger partial charge is 0.262 e. The third-order valence-electron chi connectivity index (χ3n) is 3.72. The molecular weight excluding hydrogens is 338 g/mol. The predicted octanol–water partition coefficient (Wildman–Crippen LogP) is 4.36. The Morgan fingerprint density at radius 2 is 2.08 bits per heavy atom. The highest BCUT2D eigenvalue weighted by Crippen LogP contribution is 2.28. The van der Waals surface area contributed by atoms with Crippen molar-refractivity contribution in [1.82, 2.24) is 14.4 Å². The number of hydrogen-bond donors (Lipinski definition) is 0. The van der Waals surface area contributed by atoms with E-state index in [0.29, 0.717) is 16.2 Å². The molecule has 0 unspecified atom stereocenters. The van der Waals surface area contributed by atoms with Gasteiger partial charge in [0.15, 0.2) is 4.96 Å². The molecule has 0 saturated heterocycles. The molecule has 0 aliphatic rings. The third kappa shape index (κ3) is 2.60. The van der Waals surface area contributed by atoms with Gasteiger partial charge < -0.3 is 0 Å². The van der Waals surface area contributed by atoms with E-state index in [2.05, 4.69) is 9.97 Å². The molecule has 4 nitrogen and oxygen atoms in total. The van der Waals surface area contributed by atoms with Crippen molar-refractivity contribution >= 4 is 39.8 Å². The van der Waals surface area contributed by atoms with Gasteiger partial charge in [-0.3, -0.25) is 9.78 Å². The molecule has 0 spiro atoms. The molecular formula is C18H13N3OS2. The van der Waals surface area contributed by atoms with Gasteiger partial charge in [0.25, 0.3) is 5.56 Å². The van der Waals surface area contributed by atoms with Gasteiger partial charge in [-0.05, 0) is 36.1 Å². The molecule has 0 fully saturated rings. The van der Waals surface area contributed by atoms with Gasteiger partial charge in [-0.2, -0.15) is 0 Å². The van der Waals surface area contributed by atoms with Crippen LogP contribution in [0.1, 0.15) is 16.8 Å². The lowest BCUT2D eigenvalue weighted by Gasteiger charge is -2.03. The highest BCUT2D eigenvalue weighted by atomic mass is 32.1. The van der Waals surface area contributed by atoms with Gasteiger partial charge in [-0.15, -0.1) is 22.7 Å². The summed E-state index contributed by atoms with van der Waals surface area (Å²) < 4.78 is 1.70. The van der Waals surface area contributed by atoms with Crippen LogP contribution in [-0.4, -0.2) is 14.4 Å². The van der Waals surface area contributed by atoms with Crippen LogP contribution in [0.4, 0.5) is 0 Å². The molecule has 4 heterocycles. The zero-order valence-corrected chi connectivity index (χ0v) is 14.5. The Bertz CT molecular complexity index is 1080. The summed E-state index contributed by atoms with van der Waals surface area (Å²) in [5.41, 5.74) is 3.21. The summed E-state index contributed by atoms with van der Waals surface area (Å²) in [7, 11) is 0. The molecule has 4 aromatic rings. The summed E-state index contributed by atoms with van der Waals surface area (Å²) in [4.78, 5) is 23.4. The van der Waals surface area contributed by atoms with Gasteiger partial charge in [0, 0.05) is 23.3 Å². The van der Waals surface area contributed by atoms with E-state index < -0.39 is 0 Å². The zero-order chi connectivity index (χ0) is 16.5. The molecule has 0 saturated carbocycles. The molecule has 118 valence electrons. The number of pyridine rings is 1. The number of rotatable bonds is 3. The second-order valence-electron chi connectivity index (χ2n) is 5.26. The highest BCUT2D eigenvalue weighted by Gasteiger charge is 2.13. The maximum Gasteiger partial charge on any atom is 0.262 e. The Morgan fingerprint density at radius 3 is 2.83 bits per heavy atom. The number of thiophene rings is 1. The molecule has 24 heavy (non-hydrogen) atoms. The molecule has 0 amide bonds. The van der Waals surface area contributed by atoms with Crippen LogP contribution in [0.5, 0.6) is 0 Å². The number of hydrogen-bond acceptors (Lipinski definition) is 5. The van der Waals surface area contributed by atoms with Crippen LogP contribution >= 0.6 is 22.7 Å². The summed E-state index contributed by atoms with van der Waals surface area (Å²) in [6.07, 6.45) is 7.30. The van der Waals surface area contributed by atoms with Crippen molar-refractivity contribution in [3.8, 4) is 10.6 Å². The van der Waals surface area contributed by atoms with Crippen molar-refractivity contribution in [1.29, 1.82) is 0 Å². The maximum absolute atomic E-state index is 12.8. The van der Waals surface area contributed by atoms with Gasteiger partial charge >= 0.3 is 0 Å². The van der Waals surface area contributed by atoms with E-state index >= 15 is 0 Å². The molecule has 4 rings (SSSR count). The second kappa shape index (κ2) is 6.14. The fourth-order valence-electron chi connectivity index (χ4n) is 2.46. The van der Waals surface area contributed by atoms with Crippen molar-refractivity contribution in [3.63, 3.8) is 0 Å². The van der Waals surface area contributed by atoms with Crippen molar-refractivity contribution in [2.45, 2.75) is 6.92 Å². The first-order valence-electron chi connectivity index (χ1n) is 7.37. The van der Waals surface area contributed by atoms with Crippen LogP contribution in [0.15, 0.2) is 52.2 Å². The van der Waals surface area contributed by atoms with E-state index in [-0.39, 0.29) is 5.56 Å². The minimum absolute atomic E-state index is 0.0181. The van der Waals surface area contributed by atoms with Crippen LogP contribution < -0.4 is 5.56 Å². The molecule has 4 aromatic heterocycles. The summed E-state index contributed by atoms with van der Waals surface area (Å²) in [5, 5.41) is 4.00. The van der Waals surface area contributed by atoms with Crippen molar-refractivity contribution in [2.24, 2.45) is 0 Å². The van der Waals surface area contributed by atoms with Crippen LogP contribution in [0.3, 0.4) is 0 Å². The zero-order valence-electron chi connectivity index (χ0n) is 12.8. The van der Waals surface area contributed by atoms with E-state index in [9.17, 15) is 4.79 Å². The standard InChI is InChI=1S/C18H13N3OS2/c1-12-14(7-6-13-4-2-8-19-10-13)20-18-21(17(12)22)15(11-24-18)16-5-3-9-23-16/h2-11H,1H3/b7-6+. The number of thiazole rings is 1. The third-order valence-corrected chi connectivity index (χ3v) is 5.44. The van der Waals surface area contributed by atoms with E-state index in [0.717, 1.165) is 16.1 Å². The monoisotopic (exact) mass is 351 g/mol. The number of nitrogens with zero attached hydrogens (tertiary/aromatic N) is 3. The summed E-state index contributed by atoms with van der Waals surface area (Å²) in [6, 6.07) is 7.85. The molecule has 0 N–H and O–H groups in total. The fourth-order valence-corrected chi connectivity index (χ4v) is 4.15. The Hall–Kier alpha value is -2.57. The lowest BCUT2D eigenvalue weighted by molar-refractivity contribution is 1.04.